The number of aliphatic carboxylic acids is 1. The van der Waals surface area contributed by atoms with Gasteiger partial charge in [0.05, 0.1) is 18.7 Å². The van der Waals surface area contributed by atoms with Gasteiger partial charge in [0.15, 0.2) is 0 Å². The maximum atomic E-state index is 10.8. The summed E-state index contributed by atoms with van der Waals surface area (Å²) >= 11 is 1.73. The molecule has 0 spiro atoms. The van der Waals surface area contributed by atoms with Crippen LogP contribution in [0.5, 0.6) is 0 Å². The normalized spacial score (nSPS) is 20.8. The number of carbonyl (C=O) groups is 1. The lowest BCUT2D eigenvalue weighted by Gasteiger charge is -2.31. The van der Waals surface area contributed by atoms with Gasteiger partial charge in [0.2, 0.25) is 0 Å². The average molecular weight is 309 g/mol. The summed E-state index contributed by atoms with van der Waals surface area (Å²) in [5.74, 6) is -0.114. The summed E-state index contributed by atoms with van der Waals surface area (Å²) in [6.45, 7) is 5.35. The molecular weight excluding hydrogens is 286 g/mol. The van der Waals surface area contributed by atoms with Crippen molar-refractivity contribution < 1.29 is 9.90 Å². The van der Waals surface area contributed by atoms with E-state index in [1.807, 2.05) is 0 Å². The summed E-state index contributed by atoms with van der Waals surface area (Å²) in [5.41, 5.74) is 1.20. The maximum absolute atomic E-state index is 10.8. The topological polar surface area (TPSA) is 56.7 Å². The largest absolute Gasteiger partial charge is 0.481 e. The number of carboxylic acids is 1. The number of likely N-dealkylation sites (N-methyl/N-ethyl adjacent to an activating group) is 1. The van der Waals surface area contributed by atoms with Crippen molar-refractivity contribution >= 4 is 17.3 Å². The molecule has 0 bridgehead atoms. The number of hydrogen-bond acceptors (Lipinski definition) is 5. The van der Waals surface area contributed by atoms with Crippen LogP contribution in [0.25, 0.3) is 0 Å². The molecule has 5 nitrogen and oxygen atoms in total. The van der Waals surface area contributed by atoms with Crippen LogP contribution < -0.4 is 0 Å². The van der Waals surface area contributed by atoms with Gasteiger partial charge in [0, 0.05) is 37.0 Å². The van der Waals surface area contributed by atoms with Crippen LogP contribution in [-0.2, 0) is 17.8 Å². The molecule has 3 rings (SSSR count). The van der Waals surface area contributed by atoms with Gasteiger partial charge in [-0.1, -0.05) is 0 Å². The molecule has 0 radical (unpaired) electrons. The molecule has 21 heavy (non-hydrogen) atoms. The zero-order valence-corrected chi connectivity index (χ0v) is 13.4. The van der Waals surface area contributed by atoms with Gasteiger partial charge in [-0.05, 0) is 26.3 Å². The van der Waals surface area contributed by atoms with Gasteiger partial charge in [0.1, 0.15) is 5.01 Å². The number of nitrogens with zero attached hydrogens (tertiary/aromatic N) is 3. The molecule has 6 heteroatoms. The summed E-state index contributed by atoms with van der Waals surface area (Å²) in [4.78, 5) is 21.6. The Hall–Kier alpha value is -0.980. The summed E-state index contributed by atoms with van der Waals surface area (Å²) in [5, 5.41) is 10.1. The van der Waals surface area contributed by atoms with E-state index < -0.39 is 5.97 Å². The highest BCUT2D eigenvalue weighted by Gasteiger charge is 2.30. The highest BCUT2D eigenvalue weighted by molar-refractivity contribution is 7.11. The molecule has 2 aliphatic rings. The van der Waals surface area contributed by atoms with Gasteiger partial charge in [-0.15, -0.1) is 11.3 Å². The van der Waals surface area contributed by atoms with Crippen molar-refractivity contribution in [3.05, 3.63) is 15.6 Å². The van der Waals surface area contributed by atoms with Crippen molar-refractivity contribution in [2.75, 3.05) is 33.2 Å². The number of thiazole rings is 1. The second-order valence-corrected chi connectivity index (χ2v) is 7.33. The minimum absolute atomic E-state index is 0.218. The summed E-state index contributed by atoms with van der Waals surface area (Å²) in [7, 11) is 2.16. The lowest BCUT2D eigenvalue weighted by Crippen LogP contribution is -2.43. The van der Waals surface area contributed by atoms with Gasteiger partial charge < -0.3 is 10.0 Å². The molecule has 0 aromatic carbocycles. The molecule has 116 valence electrons. The molecule has 1 aliphatic heterocycles. The lowest BCUT2D eigenvalue weighted by molar-refractivity contribution is -0.136. The van der Waals surface area contributed by atoms with E-state index in [2.05, 4.69) is 16.8 Å². The van der Waals surface area contributed by atoms with E-state index in [0.29, 0.717) is 12.3 Å². The highest BCUT2D eigenvalue weighted by atomic mass is 32.1. The van der Waals surface area contributed by atoms with E-state index in [4.69, 9.17) is 10.1 Å². The van der Waals surface area contributed by atoms with Crippen molar-refractivity contribution in [3.8, 4) is 0 Å². The monoisotopic (exact) mass is 309 g/mol. The quantitative estimate of drug-likeness (QED) is 0.868. The number of aryl methyl sites for hydroxylation is 1. The summed E-state index contributed by atoms with van der Waals surface area (Å²) in [6, 6.07) is 0. The van der Waals surface area contributed by atoms with E-state index in [1.165, 1.54) is 28.4 Å². The van der Waals surface area contributed by atoms with Crippen LogP contribution in [0.3, 0.4) is 0 Å². The van der Waals surface area contributed by atoms with Crippen LogP contribution in [0, 0.1) is 0 Å². The molecule has 1 N–H and O–H groups in total. The van der Waals surface area contributed by atoms with Crippen molar-refractivity contribution in [1.29, 1.82) is 0 Å². The van der Waals surface area contributed by atoms with E-state index in [0.717, 1.165) is 32.7 Å². The zero-order valence-electron chi connectivity index (χ0n) is 12.5. The fraction of sp³-hybridized carbons (Fsp3) is 0.733. The Labute approximate surface area is 129 Å². The smallest absolute Gasteiger partial charge is 0.303 e. The van der Waals surface area contributed by atoms with Gasteiger partial charge in [-0.3, -0.25) is 9.69 Å². The van der Waals surface area contributed by atoms with Crippen LogP contribution in [0.2, 0.25) is 0 Å². The first-order valence-corrected chi connectivity index (χ1v) is 8.54. The Morgan fingerprint density at radius 3 is 2.67 bits per heavy atom. The molecule has 2 fully saturated rings. The molecular formula is C15H23N3O2S. The summed E-state index contributed by atoms with van der Waals surface area (Å²) in [6.07, 6.45) is 3.30. The van der Waals surface area contributed by atoms with E-state index in [9.17, 15) is 4.79 Å². The molecule has 1 saturated heterocycles. The minimum atomic E-state index is -0.717. The van der Waals surface area contributed by atoms with Gasteiger partial charge in [-0.2, -0.15) is 0 Å². The minimum Gasteiger partial charge on any atom is -0.481 e. The number of piperazine rings is 1. The zero-order chi connectivity index (χ0) is 14.8. The Morgan fingerprint density at radius 1 is 1.33 bits per heavy atom. The molecule has 0 unspecified atom stereocenters. The van der Waals surface area contributed by atoms with Crippen LogP contribution in [0.1, 0.15) is 40.8 Å². The second kappa shape index (κ2) is 6.42. The van der Waals surface area contributed by atoms with E-state index in [-0.39, 0.29) is 6.42 Å². The third-order valence-corrected chi connectivity index (χ3v) is 5.37. The standard InChI is InChI=1S/C15H23N3O2S/c1-17-6-8-18(9-7-17)10-13-16-15(11-2-3-11)12(21-13)4-5-14(19)20/h11H,2-10H2,1H3,(H,19,20). The summed E-state index contributed by atoms with van der Waals surface area (Å²) < 4.78 is 0. The predicted molar refractivity (Wildman–Crippen MR) is 82.8 cm³/mol. The molecule has 1 aromatic rings. The Balaban J connectivity index is 1.64. The number of carboxylic acid groups (broad SMARTS) is 1. The lowest BCUT2D eigenvalue weighted by atomic mass is 10.2. The number of aromatic nitrogens is 1. The van der Waals surface area contributed by atoms with Crippen LogP contribution in [0.4, 0.5) is 0 Å². The van der Waals surface area contributed by atoms with E-state index in [1.54, 1.807) is 11.3 Å². The predicted octanol–water partition coefficient (Wildman–Crippen LogP) is 1.79. The highest BCUT2D eigenvalue weighted by Crippen LogP contribution is 2.43. The van der Waals surface area contributed by atoms with Crippen molar-refractivity contribution in [2.24, 2.45) is 0 Å². The first kappa shape index (κ1) is 14.9. The first-order valence-electron chi connectivity index (χ1n) is 7.73. The maximum Gasteiger partial charge on any atom is 0.303 e. The third-order valence-electron chi connectivity index (χ3n) is 4.26. The molecule has 1 aliphatic carbocycles. The third kappa shape index (κ3) is 4.02. The Bertz CT molecular complexity index is 505. The van der Waals surface area contributed by atoms with E-state index >= 15 is 0 Å². The SMILES string of the molecule is CN1CCN(Cc2nc(C3CC3)c(CCC(=O)O)s2)CC1. The van der Waals surface area contributed by atoms with Gasteiger partial charge >= 0.3 is 5.97 Å². The number of hydrogen-bond donors (Lipinski definition) is 1. The van der Waals surface area contributed by atoms with Gasteiger partial charge in [0.25, 0.3) is 0 Å². The van der Waals surface area contributed by atoms with Crippen LogP contribution in [0.15, 0.2) is 0 Å². The van der Waals surface area contributed by atoms with Crippen LogP contribution >= 0.6 is 11.3 Å². The second-order valence-electron chi connectivity index (χ2n) is 6.16. The van der Waals surface area contributed by atoms with Crippen LogP contribution in [-0.4, -0.2) is 59.1 Å². The van der Waals surface area contributed by atoms with Gasteiger partial charge in [-0.25, -0.2) is 4.98 Å². The number of rotatable bonds is 6. The molecule has 0 amide bonds. The fourth-order valence-corrected chi connectivity index (χ4v) is 3.95. The molecule has 1 aromatic heterocycles. The average Bonchev–Trinajstić information content (AvgIpc) is 3.21. The molecule has 1 saturated carbocycles. The fourth-order valence-electron chi connectivity index (χ4n) is 2.75. The molecule has 2 heterocycles. The van der Waals surface area contributed by atoms with Crippen molar-refractivity contribution in [3.63, 3.8) is 0 Å². The first-order chi connectivity index (χ1) is 10.1. The van der Waals surface area contributed by atoms with Crippen molar-refractivity contribution in [1.82, 2.24) is 14.8 Å². The Morgan fingerprint density at radius 2 is 2.05 bits per heavy atom. The Kier molecular flexibility index (Phi) is 4.57. The van der Waals surface area contributed by atoms with Crippen molar-refractivity contribution in [2.45, 2.75) is 38.1 Å². The molecule has 0 atom stereocenters.